The summed E-state index contributed by atoms with van der Waals surface area (Å²) in [5, 5.41) is 9.30. The van der Waals surface area contributed by atoms with Crippen molar-refractivity contribution in [2.45, 2.75) is 45.7 Å². The molecule has 2 rings (SSSR count). The number of piperidine rings is 1. The Bertz CT molecular complexity index is 408. The summed E-state index contributed by atoms with van der Waals surface area (Å²) in [5.41, 5.74) is -0.0440. The SMILES string of the molecule is CC(C)(C)C1CC(n2ccnc2)CCN1C(=O)O. The highest BCUT2D eigenvalue weighted by molar-refractivity contribution is 5.65. The summed E-state index contributed by atoms with van der Waals surface area (Å²) < 4.78 is 2.10. The molecule has 0 saturated carbocycles. The van der Waals surface area contributed by atoms with Crippen LogP contribution in [0.3, 0.4) is 0 Å². The van der Waals surface area contributed by atoms with Gasteiger partial charge in [-0.2, -0.15) is 0 Å². The molecule has 0 bridgehead atoms. The predicted molar refractivity (Wildman–Crippen MR) is 68.5 cm³/mol. The largest absolute Gasteiger partial charge is 0.465 e. The van der Waals surface area contributed by atoms with Crippen molar-refractivity contribution in [1.82, 2.24) is 14.5 Å². The van der Waals surface area contributed by atoms with E-state index in [4.69, 9.17) is 0 Å². The van der Waals surface area contributed by atoms with Gasteiger partial charge in [0.05, 0.1) is 6.33 Å². The molecule has 0 spiro atoms. The Balaban J connectivity index is 2.18. The van der Waals surface area contributed by atoms with Gasteiger partial charge in [0.25, 0.3) is 0 Å². The van der Waals surface area contributed by atoms with Crippen molar-refractivity contribution < 1.29 is 9.90 Å². The maximum absolute atomic E-state index is 11.3. The van der Waals surface area contributed by atoms with Gasteiger partial charge in [-0.1, -0.05) is 20.8 Å². The van der Waals surface area contributed by atoms with E-state index in [1.165, 1.54) is 0 Å². The number of aromatic nitrogens is 2. The lowest BCUT2D eigenvalue weighted by Gasteiger charge is -2.44. The first-order chi connectivity index (χ1) is 8.39. The van der Waals surface area contributed by atoms with Crippen LogP contribution in [0.5, 0.6) is 0 Å². The molecular formula is C13H21N3O2. The highest BCUT2D eigenvalue weighted by atomic mass is 16.4. The Morgan fingerprint density at radius 3 is 2.67 bits per heavy atom. The third kappa shape index (κ3) is 2.49. The lowest BCUT2D eigenvalue weighted by atomic mass is 9.79. The number of amides is 1. The van der Waals surface area contributed by atoms with Crippen molar-refractivity contribution in [3.63, 3.8) is 0 Å². The van der Waals surface area contributed by atoms with E-state index in [-0.39, 0.29) is 11.5 Å². The third-order valence-electron chi connectivity index (χ3n) is 3.77. The van der Waals surface area contributed by atoms with Gasteiger partial charge in [0.1, 0.15) is 0 Å². The van der Waals surface area contributed by atoms with Crippen molar-refractivity contribution in [1.29, 1.82) is 0 Å². The molecule has 18 heavy (non-hydrogen) atoms. The number of imidazole rings is 1. The van der Waals surface area contributed by atoms with Gasteiger partial charge in [-0.3, -0.25) is 0 Å². The number of nitrogens with zero attached hydrogens (tertiary/aromatic N) is 3. The van der Waals surface area contributed by atoms with Crippen molar-refractivity contribution in [2.24, 2.45) is 5.41 Å². The number of likely N-dealkylation sites (tertiary alicyclic amines) is 1. The molecule has 2 heterocycles. The molecule has 1 N–H and O–H groups in total. The van der Waals surface area contributed by atoms with Crippen LogP contribution in [0.2, 0.25) is 0 Å². The van der Waals surface area contributed by atoms with Crippen molar-refractivity contribution in [3.8, 4) is 0 Å². The fourth-order valence-corrected chi connectivity index (χ4v) is 2.75. The molecule has 1 aliphatic heterocycles. The molecule has 100 valence electrons. The van der Waals surface area contributed by atoms with Crippen LogP contribution < -0.4 is 0 Å². The van der Waals surface area contributed by atoms with Crippen LogP contribution in [0, 0.1) is 5.41 Å². The second kappa shape index (κ2) is 4.63. The number of hydrogen-bond acceptors (Lipinski definition) is 2. The maximum atomic E-state index is 11.3. The molecule has 1 aliphatic rings. The molecule has 1 aromatic rings. The number of hydrogen-bond donors (Lipinski definition) is 1. The lowest BCUT2D eigenvalue weighted by Crippen LogP contribution is -2.51. The van der Waals surface area contributed by atoms with Gasteiger partial charge in [0, 0.05) is 31.0 Å². The molecule has 1 amide bonds. The molecule has 0 aliphatic carbocycles. The highest BCUT2D eigenvalue weighted by Gasteiger charge is 2.38. The van der Waals surface area contributed by atoms with E-state index in [1.54, 1.807) is 11.1 Å². The smallest absolute Gasteiger partial charge is 0.407 e. The van der Waals surface area contributed by atoms with Crippen LogP contribution in [0.1, 0.15) is 39.7 Å². The Kier molecular flexibility index (Phi) is 3.32. The summed E-state index contributed by atoms with van der Waals surface area (Å²) in [6.45, 7) is 6.90. The van der Waals surface area contributed by atoms with Crippen molar-refractivity contribution in [2.75, 3.05) is 6.54 Å². The Morgan fingerprint density at radius 1 is 1.44 bits per heavy atom. The summed E-state index contributed by atoms with van der Waals surface area (Å²) in [5.74, 6) is 0. The number of carboxylic acid groups (broad SMARTS) is 1. The Labute approximate surface area is 107 Å². The summed E-state index contributed by atoms with van der Waals surface area (Å²) in [4.78, 5) is 17.0. The van der Waals surface area contributed by atoms with Crippen LogP contribution in [0.25, 0.3) is 0 Å². The molecule has 5 heteroatoms. The third-order valence-corrected chi connectivity index (χ3v) is 3.77. The van der Waals surface area contributed by atoms with Gasteiger partial charge < -0.3 is 14.6 Å². The van der Waals surface area contributed by atoms with Crippen LogP contribution in [-0.4, -0.2) is 38.2 Å². The van der Waals surface area contributed by atoms with Gasteiger partial charge in [-0.25, -0.2) is 9.78 Å². The molecule has 0 aromatic carbocycles. The minimum absolute atomic E-state index is 0.0440. The van der Waals surface area contributed by atoms with Crippen LogP contribution in [0.15, 0.2) is 18.7 Å². The normalized spacial score (nSPS) is 25.2. The van der Waals surface area contributed by atoms with E-state index in [9.17, 15) is 9.90 Å². The zero-order valence-corrected chi connectivity index (χ0v) is 11.2. The molecule has 0 radical (unpaired) electrons. The topological polar surface area (TPSA) is 58.4 Å². The highest BCUT2D eigenvalue weighted by Crippen LogP contribution is 2.36. The van der Waals surface area contributed by atoms with E-state index in [0.29, 0.717) is 12.6 Å². The second-order valence-corrected chi connectivity index (χ2v) is 6.05. The first-order valence-corrected chi connectivity index (χ1v) is 6.36. The molecule has 1 fully saturated rings. The predicted octanol–water partition coefficient (Wildman–Crippen LogP) is 2.61. The second-order valence-electron chi connectivity index (χ2n) is 6.05. The minimum atomic E-state index is -0.806. The molecule has 1 saturated heterocycles. The summed E-state index contributed by atoms with van der Waals surface area (Å²) in [6.07, 6.45) is 6.46. The lowest BCUT2D eigenvalue weighted by molar-refractivity contribution is 0.0428. The zero-order valence-electron chi connectivity index (χ0n) is 11.2. The quantitative estimate of drug-likeness (QED) is 0.834. The van der Waals surface area contributed by atoms with Gasteiger partial charge in [0.2, 0.25) is 0 Å². The fraction of sp³-hybridized carbons (Fsp3) is 0.692. The molecule has 1 aromatic heterocycles. The Hall–Kier alpha value is -1.52. The summed E-state index contributed by atoms with van der Waals surface area (Å²) in [6, 6.07) is 0.406. The summed E-state index contributed by atoms with van der Waals surface area (Å²) in [7, 11) is 0. The van der Waals surface area contributed by atoms with Crippen molar-refractivity contribution >= 4 is 6.09 Å². The van der Waals surface area contributed by atoms with Gasteiger partial charge >= 0.3 is 6.09 Å². The number of rotatable bonds is 1. The molecular weight excluding hydrogens is 230 g/mol. The van der Waals surface area contributed by atoms with Gasteiger partial charge in [-0.15, -0.1) is 0 Å². The molecule has 2 atom stereocenters. The Morgan fingerprint density at radius 2 is 2.17 bits per heavy atom. The van der Waals surface area contributed by atoms with E-state index >= 15 is 0 Å². The van der Waals surface area contributed by atoms with E-state index in [2.05, 4.69) is 30.3 Å². The average Bonchev–Trinajstić information content (AvgIpc) is 2.80. The van der Waals surface area contributed by atoms with Crippen LogP contribution >= 0.6 is 0 Å². The monoisotopic (exact) mass is 251 g/mol. The van der Waals surface area contributed by atoms with Crippen molar-refractivity contribution in [3.05, 3.63) is 18.7 Å². The maximum Gasteiger partial charge on any atom is 0.407 e. The van der Waals surface area contributed by atoms with Crippen LogP contribution in [0.4, 0.5) is 4.79 Å². The van der Waals surface area contributed by atoms with E-state index in [0.717, 1.165) is 12.8 Å². The van der Waals surface area contributed by atoms with Gasteiger partial charge in [-0.05, 0) is 18.3 Å². The molecule has 2 unspecified atom stereocenters. The average molecular weight is 251 g/mol. The number of carbonyl (C=O) groups is 1. The zero-order chi connectivity index (χ0) is 13.3. The fourth-order valence-electron chi connectivity index (χ4n) is 2.75. The first-order valence-electron chi connectivity index (χ1n) is 6.36. The minimum Gasteiger partial charge on any atom is -0.465 e. The standard InChI is InChI=1S/C13H21N3O2/c1-13(2,3)11-8-10(15-7-5-14-9-15)4-6-16(11)12(17)18/h5,7,9-11H,4,6,8H2,1-3H3,(H,17,18). The van der Waals surface area contributed by atoms with E-state index < -0.39 is 6.09 Å². The first kappa shape index (κ1) is 12.9. The van der Waals surface area contributed by atoms with Gasteiger partial charge in [0.15, 0.2) is 0 Å². The summed E-state index contributed by atoms with van der Waals surface area (Å²) >= 11 is 0. The van der Waals surface area contributed by atoms with Crippen LogP contribution in [-0.2, 0) is 0 Å². The molecule has 5 nitrogen and oxygen atoms in total. The van der Waals surface area contributed by atoms with E-state index in [1.807, 2.05) is 12.5 Å².